The van der Waals surface area contributed by atoms with E-state index in [4.69, 9.17) is 14.2 Å². The van der Waals surface area contributed by atoms with Gasteiger partial charge in [0.25, 0.3) is 5.91 Å². The molecule has 1 aliphatic heterocycles. The van der Waals surface area contributed by atoms with Gasteiger partial charge in [-0.2, -0.15) is 0 Å². The summed E-state index contributed by atoms with van der Waals surface area (Å²) in [6.45, 7) is 0.906. The maximum atomic E-state index is 12.4. The molecule has 0 saturated carbocycles. The number of ether oxygens (including phenoxy) is 3. The summed E-state index contributed by atoms with van der Waals surface area (Å²) in [4.78, 5) is 25.5. The summed E-state index contributed by atoms with van der Waals surface area (Å²) in [5.74, 6) is 0.783. The highest BCUT2D eigenvalue weighted by molar-refractivity contribution is 6.05. The summed E-state index contributed by atoms with van der Waals surface area (Å²) in [6.07, 6.45) is -0.361. The molecule has 7 heteroatoms. The highest BCUT2D eigenvalue weighted by Crippen LogP contribution is 2.24. The monoisotopic (exact) mass is 342 g/mol. The lowest BCUT2D eigenvalue weighted by Crippen LogP contribution is -2.23. The Bertz CT molecular complexity index is 766. The van der Waals surface area contributed by atoms with Crippen LogP contribution in [0.3, 0.4) is 0 Å². The molecule has 0 unspecified atom stereocenters. The van der Waals surface area contributed by atoms with Crippen LogP contribution in [0, 0.1) is 0 Å². The zero-order valence-corrected chi connectivity index (χ0v) is 13.9. The fraction of sp³-hybridized carbons (Fsp3) is 0.222. The van der Waals surface area contributed by atoms with Gasteiger partial charge < -0.3 is 19.5 Å². The van der Waals surface area contributed by atoms with E-state index >= 15 is 0 Å². The first kappa shape index (κ1) is 16.6. The van der Waals surface area contributed by atoms with E-state index in [1.54, 1.807) is 47.4 Å². The molecule has 1 fully saturated rings. The van der Waals surface area contributed by atoms with Gasteiger partial charge in [0, 0.05) is 23.0 Å². The normalized spacial score (nSPS) is 13.4. The van der Waals surface area contributed by atoms with Crippen LogP contribution >= 0.6 is 0 Å². The minimum atomic E-state index is -0.361. The van der Waals surface area contributed by atoms with Crippen LogP contribution in [0.25, 0.3) is 0 Å². The van der Waals surface area contributed by atoms with Gasteiger partial charge >= 0.3 is 6.09 Å². The van der Waals surface area contributed by atoms with E-state index < -0.39 is 0 Å². The van der Waals surface area contributed by atoms with Crippen molar-refractivity contribution in [2.45, 2.75) is 0 Å². The van der Waals surface area contributed by atoms with Gasteiger partial charge in [-0.3, -0.25) is 9.69 Å². The molecule has 3 rings (SSSR count). The van der Waals surface area contributed by atoms with Gasteiger partial charge in [0.15, 0.2) is 0 Å². The standard InChI is InChI=1S/C18H18N2O5/c1-23-15-9-12(10-16(11-15)24-2)17(21)19-13-3-5-14(6-4-13)20-7-8-25-18(20)22/h3-6,9-11H,7-8H2,1-2H3,(H,19,21). The molecule has 0 aromatic heterocycles. The summed E-state index contributed by atoms with van der Waals surface area (Å²) in [6, 6.07) is 11.9. The summed E-state index contributed by atoms with van der Waals surface area (Å²) in [5, 5.41) is 2.81. The number of amides is 2. The predicted octanol–water partition coefficient (Wildman–Crippen LogP) is 2.91. The minimum Gasteiger partial charge on any atom is -0.497 e. The van der Waals surface area contributed by atoms with Crippen LogP contribution in [0.1, 0.15) is 10.4 Å². The number of nitrogens with zero attached hydrogens (tertiary/aromatic N) is 1. The van der Waals surface area contributed by atoms with E-state index in [0.717, 1.165) is 5.69 Å². The molecule has 1 aliphatic rings. The van der Waals surface area contributed by atoms with Gasteiger partial charge in [0.2, 0.25) is 0 Å². The molecule has 7 nitrogen and oxygen atoms in total. The van der Waals surface area contributed by atoms with Crippen LogP contribution in [-0.2, 0) is 4.74 Å². The Balaban J connectivity index is 1.74. The molecule has 1 N–H and O–H groups in total. The number of methoxy groups -OCH3 is 2. The number of carbonyl (C=O) groups is 2. The molecular formula is C18H18N2O5. The van der Waals surface area contributed by atoms with Crippen molar-refractivity contribution < 1.29 is 23.8 Å². The Morgan fingerprint density at radius 1 is 1.08 bits per heavy atom. The molecule has 25 heavy (non-hydrogen) atoms. The average molecular weight is 342 g/mol. The SMILES string of the molecule is COc1cc(OC)cc(C(=O)Nc2ccc(N3CCOC3=O)cc2)c1. The topological polar surface area (TPSA) is 77.1 Å². The van der Waals surface area contributed by atoms with E-state index in [2.05, 4.69) is 5.32 Å². The summed E-state index contributed by atoms with van der Waals surface area (Å²) < 4.78 is 15.3. The molecule has 2 aromatic carbocycles. The minimum absolute atomic E-state index is 0.287. The van der Waals surface area contributed by atoms with Crippen molar-refractivity contribution in [2.75, 3.05) is 37.6 Å². The third kappa shape index (κ3) is 3.65. The van der Waals surface area contributed by atoms with Crippen molar-refractivity contribution in [2.24, 2.45) is 0 Å². The Labute approximate surface area is 145 Å². The highest BCUT2D eigenvalue weighted by atomic mass is 16.6. The fourth-order valence-electron chi connectivity index (χ4n) is 2.49. The Kier molecular flexibility index (Phi) is 4.74. The van der Waals surface area contributed by atoms with Crippen molar-refractivity contribution in [1.82, 2.24) is 0 Å². The molecule has 0 atom stereocenters. The third-order valence-corrected chi connectivity index (χ3v) is 3.81. The van der Waals surface area contributed by atoms with E-state index in [9.17, 15) is 9.59 Å². The number of hydrogen-bond donors (Lipinski definition) is 1. The van der Waals surface area contributed by atoms with Crippen molar-refractivity contribution in [1.29, 1.82) is 0 Å². The van der Waals surface area contributed by atoms with Crippen LogP contribution in [0.15, 0.2) is 42.5 Å². The number of rotatable bonds is 5. The number of cyclic esters (lactones) is 1. The van der Waals surface area contributed by atoms with Gasteiger partial charge in [-0.25, -0.2) is 4.79 Å². The Hall–Kier alpha value is -3.22. The van der Waals surface area contributed by atoms with Crippen LogP contribution < -0.4 is 19.7 Å². The van der Waals surface area contributed by atoms with E-state index in [0.29, 0.717) is 35.9 Å². The van der Waals surface area contributed by atoms with Gasteiger partial charge in [0.05, 0.1) is 20.8 Å². The third-order valence-electron chi connectivity index (χ3n) is 3.81. The Morgan fingerprint density at radius 3 is 2.24 bits per heavy atom. The van der Waals surface area contributed by atoms with Crippen molar-refractivity contribution in [3.05, 3.63) is 48.0 Å². The first-order valence-electron chi connectivity index (χ1n) is 7.69. The first-order valence-corrected chi connectivity index (χ1v) is 7.69. The lowest BCUT2D eigenvalue weighted by Gasteiger charge is -2.13. The first-order chi connectivity index (χ1) is 12.1. The summed E-state index contributed by atoms with van der Waals surface area (Å²) >= 11 is 0. The highest BCUT2D eigenvalue weighted by Gasteiger charge is 2.23. The fourth-order valence-corrected chi connectivity index (χ4v) is 2.49. The number of carbonyl (C=O) groups excluding carboxylic acids is 2. The van der Waals surface area contributed by atoms with Crippen LogP contribution in [0.2, 0.25) is 0 Å². The van der Waals surface area contributed by atoms with Crippen molar-refractivity contribution in [3.8, 4) is 11.5 Å². The molecule has 1 heterocycles. The van der Waals surface area contributed by atoms with Gasteiger partial charge in [-0.15, -0.1) is 0 Å². The number of hydrogen-bond acceptors (Lipinski definition) is 5. The zero-order valence-electron chi connectivity index (χ0n) is 13.9. The maximum absolute atomic E-state index is 12.4. The summed E-state index contributed by atoms with van der Waals surface area (Å²) in [5.41, 5.74) is 1.76. The van der Waals surface area contributed by atoms with Gasteiger partial charge in [-0.05, 0) is 36.4 Å². The lowest BCUT2D eigenvalue weighted by atomic mass is 10.1. The molecule has 0 spiro atoms. The number of anilines is 2. The second kappa shape index (κ2) is 7.12. The van der Waals surface area contributed by atoms with E-state index in [1.165, 1.54) is 14.2 Å². The van der Waals surface area contributed by atoms with E-state index in [1.807, 2.05) is 0 Å². The molecule has 130 valence electrons. The smallest absolute Gasteiger partial charge is 0.414 e. The predicted molar refractivity (Wildman–Crippen MR) is 92.6 cm³/mol. The molecule has 2 aromatic rings. The van der Waals surface area contributed by atoms with Crippen molar-refractivity contribution in [3.63, 3.8) is 0 Å². The molecule has 1 saturated heterocycles. The molecular weight excluding hydrogens is 324 g/mol. The maximum Gasteiger partial charge on any atom is 0.414 e. The second-order valence-corrected chi connectivity index (χ2v) is 5.37. The van der Waals surface area contributed by atoms with Crippen LogP contribution in [0.5, 0.6) is 11.5 Å². The van der Waals surface area contributed by atoms with Crippen LogP contribution in [0.4, 0.5) is 16.2 Å². The Morgan fingerprint density at radius 2 is 1.72 bits per heavy atom. The number of nitrogens with one attached hydrogen (secondary N) is 1. The summed E-state index contributed by atoms with van der Waals surface area (Å²) in [7, 11) is 3.05. The molecule has 0 radical (unpaired) electrons. The zero-order chi connectivity index (χ0) is 17.8. The average Bonchev–Trinajstić information content (AvgIpc) is 3.07. The molecule has 0 aliphatic carbocycles. The molecule has 2 amide bonds. The molecule has 0 bridgehead atoms. The lowest BCUT2D eigenvalue weighted by molar-refractivity contribution is 0.102. The quantitative estimate of drug-likeness (QED) is 0.904. The largest absolute Gasteiger partial charge is 0.497 e. The van der Waals surface area contributed by atoms with Crippen molar-refractivity contribution >= 4 is 23.4 Å². The van der Waals surface area contributed by atoms with Gasteiger partial charge in [-0.1, -0.05) is 0 Å². The van der Waals surface area contributed by atoms with Crippen LogP contribution in [-0.4, -0.2) is 39.4 Å². The number of benzene rings is 2. The van der Waals surface area contributed by atoms with Gasteiger partial charge in [0.1, 0.15) is 18.1 Å². The second-order valence-electron chi connectivity index (χ2n) is 5.37. The van der Waals surface area contributed by atoms with E-state index in [-0.39, 0.29) is 12.0 Å².